The summed E-state index contributed by atoms with van der Waals surface area (Å²) >= 11 is 1.44. The van der Waals surface area contributed by atoms with Crippen LogP contribution in [0.3, 0.4) is 0 Å². The quantitative estimate of drug-likeness (QED) is 0.486. The number of thiazole rings is 1. The Balaban J connectivity index is 1.23. The third-order valence-corrected chi connectivity index (χ3v) is 6.64. The number of amides is 1. The molecular formula is C23H25N5O2S. The van der Waals surface area contributed by atoms with Crippen molar-refractivity contribution in [1.29, 1.82) is 0 Å². The first-order valence-electron chi connectivity index (χ1n) is 10.5. The molecule has 160 valence electrons. The summed E-state index contributed by atoms with van der Waals surface area (Å²) in [4.78, 5) is 26.4. The first-order chi connectivity index (χ1) is 15.0. The lowest BCUT2D eigenvalue weighted by Gasteiger charge is -2.34. The zero-order valence-corrected chi connectivity index (χ0v) is 18.8. The minimum absolute atomic E-state index is 0.00751. The molecule has 1 fully saturated rings. The summed E-state index contributed by atoms with van der Waals surface area (Å²) in [6.07, 6.45) is 2.10. The van der Waals surface area contributed by atoms with Crippen molar-refractivity contribution < 1.29 is 9.21 Å². The van der Waals surface area contributed by atoms with Crippen LogP contribution in [0, 0.1) is 20.8 Å². The molecule has 31 heavy (non-hydrogen) atoms. The second kappa shape index (κ2) is 7.94. The van der Waals surface area contributed by atoms with Gasteiger partial charge in [0.25, 0.3) is 5.91 Å². The Morgan fingerprint density at radius 2 is 1.90 bits per heavy atom. The van der Waals surface area contributed by atoms with Crippen molar-refractivity contribution in [3.8, 4) is 10.8 Å². The van der Waals surface area contributed by atoms with E-state index in [9.17, 15) is 4.79 Å². The zero-order valence-electron chi connectivity index (χ0n) is 18.0. The average Bonchev–Trinajstić information content (AvgIpc) is 3.47. The van der Waals surface area contributed by atoms with E-state index in [-0.39, 0.29) is 5.91 Å². The highest BCUT2D eigenvalue weighted by atomic mass is 32.1. The van der Waals surface area contributed by atoms with Gasteiger partial charge in [-0.05, 0) is 50.6 Å². The molecule has 0 bridgehead atoms. The van der Waals surface area contributed by atoms with Crippen LogP contribution < -0.4 is 0 Å². The lowest BCUT2D eigenvalue weighted by molar-refractivity contribution is 0.0621. The molecule has 5 heterocycles. The molecule has 0 radical (unpaired) electrons. The molecule has 7 nitrogen and oxygen atoms in total. The van der Waals surface area contributed by atoms with Crippen LogP contribution in [0.4, 0.5) is 0 Å². The van der Waals surface area contributed by atoms with Crippen LogP contribution >= 0.6 is 11.3 Å². The van der Waals surface area contributed by atoms with Gasteiger partial charge in [0, 0.05) is 44.3 Å². The number of carbonyl (C=O) groups is 1. The molecule has 0 spiro atoms. The molecule has 8 heteroatoms. The molecular weight excluding hydrogens is 410 g/mol. The van der Waals surface area contributed by atoms with Gasteiger partial charge in [-0.15, -0.1) is 11.3 Å². The number of aryl methyl sites for hydroxylation is 3. The number of fused-ring (bicyclic) bond motifs is 1. The number of carbonyl (C=O) groups excluding carboxylic acids is 1. The highest BCUT2D eigenvalue weighted by Gasteiger charge is 2.25. The molecule has 1 amide bonds. The van der Waals surface area contributed by atoms with E-state index in [1.54, 1.807) is 0 Å². The highest BCUT2D eigenvalue weighted by Crippen LogP contribution is 2.26. The summed E-state index contributed by atoms with van der Waals surface area (Å²) in [7, 11) is 0. The van der Waals surface area contributed by atoms with Crippen LogP contribution in [0.15, 0.2) is 40.3 Å². The van der Waals surface area contributed by atoms with E-state index in [1.807, 2.05) is 29.3 Å². The maximum Gasteiger partial charge on any atom is 0.273 e. The van der Waals surface area contributed by atoms with Gasteiger partial charge in [0.2, 0.25) is 0 Å². The molecule has 0 unspecified atom stereocenters. The molecule has 4 aromatic heterocycles. The van der Waals surface area contributed by atoms with Crippen molar-refractivity contribution in [3.63, 3.8) is 0 Å². The van der Waals surface area contributed by atoms with Crippen LogP contribution in [-0.2, 0) is 6.54 Å². The Hall–Kier alpha value is -2.97. The smallest absolute Gasteiger partial charge is 0.273 e. The molecule has 1 aliphatic heterocycles. The van der Waals surface area contributed by atoms with Crippen LogP contribution in [0.2, 0.25) is 0 Å². The van der Waals surface area contributed by atoms with Crippen LogP contribution in [0.1, 0.15) is 33.2 Å². The number of aromatic nitrogens is 3. The van der Waals surface area contributed by atoms with Crippen molar-refractivity contribution in [2.24, 2.45) is 0 Å². The number of rotatable bonds is 4. The Labute approximate surface area is 184 Å². The number of pyridine rings is 1. The largest absolute Gasteiger partial charge is 0.459 e. The molecule has 1 aliphatic rings. The van der Waals surface area contributed by atoms with Gasteiger partial charge in [0.15, 0.2) is 10.8 Å². The Kier molecular flexibility index (Phi) is 5.11. The van der Waals surface area contributed by atoms with Crippen LogP contribution in [0.25, 0.3) is 16.4 Å². The van der Waals surface area contributed by atoms with Crippen LogP contribution in [0.5, 0.6) is 0 Å². The van der Waals surface area contributed by atoms with Gasteiger partial charge in [0.05, 0.1) is 11.4 Å². The zero-order chi connectivity index (χ0) is 21.5. The maximum absolute atomic E-state index is 12.9. The third kappa shape index (κ3) is 3.88. The molecule has 0 atom stereocenters. The fourth-order valence-corrected chi connectivity index (χ4v) is 4.78. The number of hydrogen-bond donors (Lipinski definition) is 0. The van der Waals surface area contributed by atoms with Gasteiger partial charge in [0.1, 0.15) is 17.1 Å². The van der Waals surface area contributed by atoms with E-state index >= 15 is 0 Å². The van der Waals surface area contributed by atoms with E-state index in [2.05, 4.69) is 46.5 Å². The molecule has 0 aromatic carbocycles. The minimum Gasteiger partial charge on any atom is -0.459 e. The van der Waals surface area contributed by atoms with Crippen molar-refractivity contribution in [3.05, 3.63) is 64.2 Å². The molecule has 5 rings (SSSR count). The first kappa shape index (κ1) is 20.0. The van der Waals surface area contributed by atoms with E-state index in [0.717, 1.165) is 41.7 Å². The van der Waals surface area contributed by atoms with Gasteiger partial charge in [-0.2, -0.15) is 0 Å². The summed E-state index contributed by atoms with van der Waals surface area (Å²) < 4.78 is 7.80. The average molecular weight is 436 g/mol. The predicted molar refractivity (Wildman–Crippen MR) is 120 cm³/mol. The van der Waals surface area contributed by atoms with Gasteiger partial charge in [-0.3, -0.25) is 9.69 Å². The first-order valence-corrected chi connectivity index (χ1v) is 11.3. The summed E-state index contributed by atoms with van der Waals surface area (Å²) in [6, 6.07) is 8.02. The van der Waals surface area contributed by atoms with Crippen LogP contribution in [-0.4, -0.2) is 56.3 Å². The van der Waals surface area contributed by atoms with E-state index in [0.29, 0.717) is 24.5 Å². The summed E-state index contributed by atoms with van der Waals surface area (Å²) in [6.45, 7) is 9.94. The van der Waals surface area contributed by atoms with Crippen molar-refractivity contribution in [1.82, 2.24) is 24.2 Å². The second-order valence-electron chi connectivity index (χ2n) is 8.09. The monoisotopic (exact) mass is 435 g/mol. The minimum atomic E-state index is -0.00751. The molecule has 0 aliphatic carbocycles. The number of furan rings is 1. The number of nitrogens with zero attached hydrogens (tertiary/aromatic N) is 5. The van der Waals surface area contributed by atoms with Crippen molar-refractivity contribution in [2.45, 2.75) is 27.3 Å². The Morgan fingerprint density at radius 3 is 2.65 bits per heavy atom. The second-order valence-corrected chi connectivity index (χ2v) is 8.95. The lowest BCUT2D eigenvalue weighted by Crippen LogP contribution is -2.48. The van der Waals surface area contributed by atoms with E-state index in [1.165, 1.54) is 22.6 Å². The molecule has 4 aromatic rings. The van der Waals surface area contributed by atoms with Crippen molar-refractivity contribution >= 4 is 22.9 Å². The summed E-state index contributed by atoms with van der Waals surface area (Å²) in [5.74, 6) is 1.54. The number of piperazine rings is 1. The van der Waals surface area contributed by atoms with Gasteiger partial charge < -0.3 is 13.7 Å². The summed E-state index contributed by atoms with van der Waals surface area (Å²) in [5.41, 5.74) is 4.98. The Bertz CT molecular complexity index is 1250. The fourth-order valence-electron chi connectivity index (χ4n) is 4.02. The Morgan fingerprint density at radius 1 is 1.10 bits per heavy atom. The summed E-state index contributed by atoms with van der Waals surface area (Å²) in [5, 5.41) is 2.57. The fraction of sp³-hybridized carbons (Fsp3) is 0.348. The molecule has 0 N–H and O–H groups in total. The van der Waals surface area contributed by atoms with E-state index in [4.69, 9.17) is 9.40 Å². The van der Waals surface area contributed by atoms with E-state index < -0.39 is 0 Å². The van der Waals surface area contributed by atoms with Gasteiger partial charge in [-0.25, -0.2) is 9.97 Å². The maximum atomic E-state index is 12.9. The standard InChI is InChI=1S/C23H25N5O2S/c1-15-6-7-28-19(17(3)24-21(28)12-15)13-26-8-10-27(11-9-26)23(29)18-14-31-22(25-18)20-5-4-16(2)30-20/h4-7,12,14H,8-11,13H2,1-3H3. The predicted octanol–water partition coefficient (Wildman–Crippen LogP) is 3.93. The van der Waals surface area contributed by atoms with Crippen molar-refractivity contribution in [2.75, 3.05) is 26.2 Å². The topological polar surface area (TPSA) is 66.9 Å². The number of hydrogen-bond acceptors (Lipinski definition) is 6. The molecule has 1 saturated heterocycles. The number of imidazole rings is 1. The third-order valence-electron chi connectivity index (χ3n) is 5.79. The van der Waals surface area contributed by atoms with Gasteiger partial charge >= 0.3 is 0 Å². The highest BCUT2D eigenvalue weighted by molar-refractivity contribution is 7.13. The molecule has 0 saturated carbocycles. The SMILES string of the molecule is Cc1ccn2c(CN3CCN(C(=O)c4csc(-c5ccc(C)o5)n4)CC3)c(C)nc2c1. The normalized spacial score (nSPS) is 15.1. The van der Waals surface area contributed by atoms with Gasteiger partial charge in [-0.1, -0.05) is 0 Å². The lowest BCUT2D eigenvalue weighted by atomic mass is 10.2.